The molecule has 76 valence electrons. The molecule has 0 saturated heterocycles. The fourth-order valence-electron chi connectivity index (χ4n) is 0.801. The molecule has 0 bridgehead atoms. The van der Waals surface area contributed by atoms with Crippen molar-refractivity contribution >= 4 is 29.2 Å². The predicted octanol–water partition coefficient (Wildman–Crippen LogP) is 2.60. The Labute approximate surface area is 89.0 Å². The Hall–Kier alpha value is -1.000. The number of carboxylic acid groups (broad SMARTS) is 1. The lowest BCUT2D eigenvalue weighted by molar-refractivity contribution is -0.139. The number of hydrogen-bond donors (Lipinski definition) is 1. The van der Waals surface area contributed by atoms with E-state index < -0.39 is 18.4 Å². The molecule has 0 unspecified atom stereocenters. The van der Waals surface area contributed by atoms with Crippen LogP contribution in [-0.4, -0.2) is 17.7 Å². The van der Waals surface area contributed by atoms with Crippen molar-refractivity contribution in [2.24, 2.45) is 0 Å². The minimum absolute atomic E-state index is 0.0590. The Morgan fingerprint density at radius 2 is 2.14 bits per heavy atom. The third kappa shape index (κ3) is 2.75. The molecule has 3 nitrogen and oxygen atoms in total. The molecule has 1 aromatic carbocycles. The van der Waals surface area contributed by atoms with Crippen LogP contribution in [0.2, 0.25) is 10.0 Å². The number of aliphatic carboxylic acids is 1. The van der Waals surface area contributed by atoms with Gasteiger partial charge in [-0.05, 0) is 12.1 Å². The first kappa shape index (κ1) is 11.1. The first-order valence-corrected chi connectivity index (χ1v) is 4.25. The summed E-state index contributed by atoms with van der Waals surface area (Å²) in [4.78, 5) is 10.1. The molecule has 14 heavy (non-hydrogen) atoms. The van der Waals surface area contributed by atoms with Gasteiger partial charge in [-0.2, -0.15) is 0 Å². The molecule has 0 heterocycles. The first-order chi connectivity index (χ1) is 6.50. The molecule has 1 rings (SSSR count). The molecule has 0 aliphatic heterocycles. The van der Waals surface area contributed by atoms with Crippen LogP contribution in [0.15, 0.2) is 12.1 Å². The van der Waals surface area contributed by atoms with E-state index in [2.05, 4.69) is 4.74 Å². The highest BCUT2D eigenvalue weighted by molar-refractivity contribution is 6.35. The third-order valence-corrected chi connectivity index (χ3v) is 1.80. The lowest BCUT2D eigenvalue weighted by Gasteiger charge is -2.06. The van der Waals surface area contributed by atoms with Crippen LogP contribution in [0.5, 0.6) is 5.75 Å². The van der Waals surface area contributed by atoms with E-state index in [0.717, 1.165) is 6.07 Å². The Morgan fingerprint density at radius 1 is 1.50 bits per heavy atom. The molecule has 0 spiro atoms. The van der Waals surface area contributed by atoms with Crippen LogP contribution >= 0.6 is 23.2 Å². The van der Waals surface area contributed by atoms with Gasteiger partial charge in [-0.15, -0.1) is 0 Å². The van der Waals surface area contributed by atoms with E-state index in [4.69, 9.17) is 28.3 Å². The van der Waals surface area contributed by atoms with E-state index in [1.165, 1.54) is 6.07 Å². The van der Waals surface area contributed by atoms with Crippen molar-refractivity contribution in [1.82, 2.24) is 0 Å². The van der Waals surface area contributed by atoms with Gasteiger partial charge in [0.25, 0.3) is 0 Å². The Kier molecular flexibility index (Phi) is 3.55. The number of carbonyl (C=O) groups is 1. The molecule has 0 fully saturated rings. The normalized spacial score (nSPS) is 9.93. The van der Waals surface area contributed by atoms with Gasteiger partial charge in [0.2, 0.25) is 0 Å². The van der Waals surface area contributed by atoms with Crippen molar-refractivity contribution in [2.75, 3.05) is 6.61 Å². The highest BCUT2D eigenvalue weighted by Gasteiger charge is 2.11. The fourth-order valence-corrected chi connectivity index (χ4v) is 1.32. The largest absolute Gasteiger partial charge is 0.479 e. The molecular formula is C8H5Cl2FO3. The van der Waals surface area contributed by atoms with Crippen LogP contribution in [-0.2, 0) is 4.79 Å². The second-order valence-corrected chi connectivity index (χ2v) is 3.22. The molecule has 0 amide bonds. The van der Waals surface area contributed by atoms with E-state index >= 15 is 0 Å². The molecular weight excluding hydrogens is 234 g/mol. The number of hydrogen-bond acceptors (Lipinski definition) is 2. The van der Waals surface area contributed by atoms with Crippen molar-refractivity contribution in [2.45, 2.75) is 0 Å². The molecule has 6 heteroatoms. The SMILES string of the molecule is O=C(O)COc1c(F)cc(Cl)cc1Cl. The van der Waals surface area contributed by atoms with Crippen LogP contribution in [0.25, 0.3) is 0 Å². The van der Waals surface area contributed by atoms with Crippen molar-refractivity contribution in [3.63, 3.8) is 0 Å². The molecule has 1 N–H and O–H groups in total. The van der Waals surface area contributed by atoms with Crippen LogP contribution in [0.3, 0.4) is 0 Å². The van der Waals surface area contributed by atoms with Crippen molar-refractivity contribution < 1.29 is 19.0 Å². The van der Waals surface area contributed by atoms with Gasteiger partial charge in [0.15, 0.2) is 18.2 Å². The topological polar surface area (TPSA) is 46.5 Å². The Balaban J connectivity index is 2.91. The molecule has 0 atom stereocenters. The summed E-state index contributed by atoms with van der Waals surface area (Å²) in [6.07, 6.45) is 0. The van der Waals surface area contributed by atoms with E-state index in [-0.39, 0.29) is 15.8 Å². The van der Waals surface area contributed by atoms with Gasteiger partial charge in [-0.25, -0.2) is 9.18 Å². The van der Waals surface area contributed by atoms with Gasteiger partial charge < -0.3 is 9.84 Å². The molecule has 0 aliphatic carbocycles. The summed E-state index contributed by atoms with van der Waals surface area (Å²) in [5, 5.41) is 8.36. The highest BCUT2D eigenvalue weighted by Crippen LogP contribution is 2.30. The maximum Gasteiger partial charge on any atom is 0.341 e. The van der Waals surface area contributed by atoms with E-state index in [9.17, 15) is 9.18 Å². The van der Waals surface area contributed by atoms with Crippen molar-refractivity contribution in [3.05, 3.63) is 28.0 Å². The fraction of sp³-hybridized carbons (Fsp3) is 0.125. The monoisotopic (exact) mass is 238 g/mol. The number of halogens is 3. The van der Waals surface area contributed by atoms with Gasteiger partial charge in [0, 0.05) is 5.02 Å². The minimum atomic E-state index is -1.21. The third-order valence-electron chi connectivity index (χ3n) is 1.30. The van der Waals surface area contributed by atoms with Gasteiger partial charge in [0.05, 0.1) is 5.02 Å². The van der Waals surface area contributed by atoms with Crippen LogP contribution < -0.4 is 4.74 Å². The van der Waals surface area contributed by atoms with Crippen LogP contribution in [0.1, 0.15) is 0 Å². The van der Waals surface area contributed by atoms with Gasteiger partial charge in [0.1, 0.15) is 0 Å². The zero-order valence-corrected chi connectivity index (χ0v) is 8.27. The number of ether oxygens (including phenoxy) is 1. The summed E-state index contributed by atoms with van der Waals surface area (Å²) in [5.74, 6) is -2.31. The first-order valence-electron chi connectivity index (χ1n) is 3.50. The second kappa shape index (κ2) is 4.48. The average Bonchev–Trinajstić information content (AvgIpc) is 2.01. The minimum Gasteiger partial charge on any atom is -0.479 e. The zero-order valence-electron chi connectivity index (χ0n) is 6.76. The lowest BCUT2D eigenvalue weighted by atomic mass is 10.3. The molecule has 0 radical (unpaired) electrons. The smallest absolute Gasteiger partial charge is 0.341 e. The van der Waals surface area contributed by atoms with E-state index in [0.29, 0.717) is 0 Å². The summed E-state index contributed by atoms with van der Waals surface area (Å²) < 4.78 is 17.7. The lowest BCUT2D eigenvalue weighted by Crippen LogP contribution is -2.10. The number of rotatable bonds is 3. The summed E-state index contributed by atoms with van der Waals surface area (Å²) in [5.41, 5.74) is 0. The summed E-state index contributed by atoms with van der Waals surface area (Å²) >= 11 is 11.1. The van der Waals surface area contributed by atoms with Gasteiger partial charge >= 0.3 is 5.97 Å². The average molecular weight is 239 g/mol. The summed E-state index contributed by atoms with van der Waals surface area (Å²) in [7, 11) is 0. The zero-order chi connectivity index (χ0) is 10.7. The quantitative estimate of drug-likeness (QED) is 0.881. The molecule has 0 aliphatic rings. The molecule has 1 aromatic rings. The van der Waals surface area contributed by atoms with Gasteiger partial charge in [-0.3, -0.25) is 0 Å². The van der Waals surface area contributed by atoms with Crippen molar-refractivity contribution in [3.8, 4) is 5.75 Å². The summed E-state index contributed by atoms with van der Waals surface area (Å²) in [6, 6.07) is 2.26. The molecule has 0 aromatic heterocycles. The molecule has 0 saturated carbocycles. The predicted molar refractivity (Wildman–Crippen MR) is 49.6 cm³/mol. The van der Waals surface area contributed by atoms with Crippen LogP contribution in [0, 0.1) is 5.82 Å². The van der Waals surface area contributed by atoms with Crippen LogP contribution in [0.4, 0.5) is 4.39 Å². The standard InChI is InChI=1S/C8H5Cl2FO3/c9-4-1-5(10)8(6(11)2-4)14-3-7(12)13/h1-2H,3H2,(H,12,13). The van der Waals surface area contributed by atoms with E-state index in [1.807, 2.05) is 0 Å². The van der Waals surface area contributed by atoms with Gasteiger partial charge in [-0.1, -0.05) is 23.2 Å². The maximum atomic E-state index is 13.1. The number of benzene rings is 1. The highest BCUT2D eigenvalue weighted by atomic mass is 35.5. The number of carboxylic acids is 1. The van der Waals surface area contributed by atoms with Crippen molar-refractivity contribution in [1.29, 1.82) is 0 Å². The Bertz CT molecular complexity index is 345. The maximum absolute atomic E-state index is 13.1. The summed E-state index contributed by atoms with van der Waals surface area (Å²) in [6.45, 7) is -0.654. The Morgan fingerprint density at radius 3 is 2.64 bits per heavy atom. The van der Waals surface area contributed by atoms with E-state index in [1.54, 1.807) is 0 Å². The second-order valence-electron chi connectivity index (χ2n) is 2.38.